The first kappa shape index (κ1) is 14.3. The summed E-state index contributed by atoms with van der Waals surface area (Å²) in [6, 6.07) is 5.99. The van der Waals surface area contributed by atoms with Crippen molar-refractivity contribution in [3.63, 3.8) is 0 Å². The minimum Gasteiger partial charge on any atom is -0.315 e. The highest BCUT2D eigenvalue weighted by Crippen LogP contribution is 2.32. The first-order chi connectivity index (χ1) is 8.89. The van der Waals surface area contributed by atoms with Gasteiger partial charge in [-0.25, -0.2) is 0 Å². The fourth-order valence-electron chi connectivity index (χ4n) is 2.51. The highest BCUT2D eigenvalue weighted by molar-refractivity contribution is 5.27. The van der Waals surface area contributed by atoms with Gasteiger partial charge in [-0.15, -0.1) is 0 Å². The molecule has 106 valence electrons. The van der Waals surface area contributed by atoms with Crippen molar-refractivity contribution in [1.82, 2.24) is 10.2 Å². The molecule has 2 atom stereocenters. The Morgan fingerprint density at radius 2 is 2.11 bits per heavy atom. The second kappa shape index (κ2) is 5.51. The van der Waals surface area contributed by atoms with Gasteiger partial charge in [-0.3, -0.25) is 4.90 Å². The molecule has 1 fully saturated rings. The fourth-order valence-corrected chi connectivity index (χ4v) is 2.51. The zero-order valence-electron chi connectivity index (χ0n) is 11.2. The summed E-state index contributed by atoms with van der Waals surface area (Å²) >= 11 is 0. The molecule has 1 aliphatic heterocycles. The average molecular weight is 272 g/mol. The highest BCUT2D eigenvalue weighted by Gasteiger charge is 2.31. The Kier molecular flexibility index (Phi) is 4.16. The summed E-state index contributed by atoms with van der Waals surface area (Å²) in [6.45, 7) is 3.83. The van der Waals surface area contributed by atoms with Gasteiger partial charge in [0.2, 0.25) is 0 Å². The van der Waals surface area contributed by atoms with Crippen LogP contribution in [0, 0.1) is 0 Å². The minimum absolute atomic E-state index is 0.0211. The zero-order valence-corrected chi connectivity index (χ0v) is 11.2. The van der Waals surface area contributed by atoms with Crippen molar-refractivity contribution >= 4 is 0 Å². The molecule has 2 rings (SSSR count). The average Bonchev–Trinajstić information content (AvgIpc) is 2.90. The van der Waals surface area contributed by atoms with Crippen LogP contribution in [-0.4, -0.2) is 31.1 Å². The molecule has 1 N–H and O–H groups in total. The van der Waals surface area contributed by atoms with Crippen LogP contribution in [0.5, 0.6) is 0 Å². The molecule has 0 amide bonds. The van der Waals surface area contributed by atoms with E-state index in [4.69, 9.17) is 0 Å². The van der Waals surface area contributed by atoms with E-state index in [1.165, 1.54) is 12.1 Å². The summed E-state index contributed by atoms with van der Waals surface area (Å²) in [5, 5.41) is 3.27. The molecular weight excluding hydrogens is 253 g/mol. The molecule has 2 nitrogen and oxygen atoms in total. The molecule has 19 heavy (non-hydrogen) atoms. The Labute approximate surface area is 111 Å². The third-order valence-electron chi connectivity index (χ3n) is 3.92. The molecule has 1 aliphatic rings. The van der Waals surface area contributed by atoms with Gasteiger partial charge in [0.05, 0.1) is 5.56 Å². The standard InChI is InChI=1S/C14H19F3N2/c1-10(19(2)13-6-7-18-9-13)11-4-3-5-12(8-11)14(15,16)17/h3-5,8,10,13,18H,6-7,9H2,1-2H3. The van der Waals surface area contributed by atoms with Gasteiger partial charge < -0.3 is 5.32 Å². The molecule has 2 unspecified atom stereocenters. The molecule has 1 aromatic carbocycles. The lowest BCUT2D eigenvalue weighted by Gasteiger charge is -2.30. The number of nitrogens with zero attached hydrogens (tertiary/aromatic N) is 1. The maximum absolute atomic E-state index is 12.7. The quantitative estimate of drug-likeness (QED) is 0.909. The highest BCUT2D eigenvalue weighted by atomic mass is 19.4. The molecule has 0 aromatic heterocycles. The maximum Gasteiger partial charge on any atom is 0.416 e. The summed E-state index contributed by atoms with van der Waals surface area (Å²) < 4.78 is 38.1. The third-order valence-corrected chi connectivity index (χ3v) is 3.92. The van der Waals surface area contributed by atoms with E-state index in [2.05, 4.69) is 10.2 Å². The van der Waals surface area contributed by atoms with E-state index in [0.29, 0.717) is 11.6 Å². The first-order valence-electron chi connectivity index (χ1n) is 6.49. The number of nitrogens with one attached hydrogen (secondary N) is 1. The SMILES string of the molecule is CC(c1cccc(C(F)(F)F)c1)N(C)C1CCNC1. The largest absolute Gasteiger partial charge is 0.416 e. The Hall–Kier alpha value is -1.07. The van der Waals surface area contributed by atoms with Gasteiger partial charge in [0.15, 0.2) is 0 Å². The molecule has 0 saturated carbocycles. The number of alkyl halides is 3. The van der Waals surface area contributed by atoms with Crippen LogP contribution in [0.1, 0.15) is 30.5 Å². The normalized spacial score (nSPS) is 21.9. The second-order valence-corrected chi connectivity index (χ2v) is 5.11. The van der Waals surface area contributed by atoms with Gasteiger partial charge in [0, 0.05) is 18.6 Å². The summed E-state index contributed by atoms with van der Waals surface area (Å²) in [5.41, 5.74) is 0.138. The number of halogens is 3. The lowest BCUT2D eigenvalue weighted by Crippen LogP contribution is -2.35. The number of benzene rings is 1. The van der Waals surface area contributed by atoms with Crippen molar-refractivity contribution in [2.75, 3.05) is 20.1 Å². The smallest absolute Gasteiger partial charge is 0.315 e. The Morgan fingerprint density at radius 3 is 2.68 bits per heavy atom. The van der Waals surface area contributed by atoms with E-state index in [1.807, 2.05) is 14.0 Å². The van der Waals surface area contributed by atoms with Gasteiger partial charge in [-0.1, -0.05) is 12.1 Å². The molecule has 1 aromatic rings. The van der Waals surface area contributed by atoms with Gasteiger partial charge in [-0.05, 0) is 44.6 Å². The van der Waals surface area contributed by atoms with Gasteiger partial charge in [0.25, 0.3) is 0 Å². The number of likely N-dealkylation sites (N-methyl/N-ethyl adjacent to an activating group) is 1. The van der Waals surface area contributed by atoms with Crippen LogP contribution in [0.4, 0.5) is 13.2 Å². The Bertz CT molecular complexity index is 425. The van der Waals surface area contributed by atoms with Crippen molar-refractivity contribution in [2.24, 2.45) is 0 Å². The predicted octanol–water partition coefficient (Wildman–Crippen LogP) is 3.06. The van der Waals surface area contributed by atoms with Crippen LogP contribution in [-0.2, 0) is 6.18 Å². The lowest BCUT2D eigenvalue weighted by molar-refractivity contribution is -0.137. The van der Waals surface area contributed by atoms with E-state index in [-0.39, 0.29) is 6.04 Å². The number of hydrogen-bond acceptors (Lipinski definition) is 2. The molecular formula is C14H19F3N2. The van der Waals surface area contributed by atoms with Crippen molar-refractivity contribution < 1.29 is 13.2 Å². The van der Waals surface area contributed by atoms with E-state index >= 15 is 0 Å². The van der Waals surface area contributed by atoms with Crippen molar-refractivity contribution in [2.45, 2.75) is 31.6 Å². The van der Waals surface area contributed by atoms with E-state index in [9.17, 15) is 13.2 Å². The van der Waals surface area contributed by atoms with Crippen LogP contribution in [0.25, 0.3) is 0 Å². The Morgan fingerprint density at radius 1 is 1.37 bits per heavy atom. The summed E-state index contributed by atoms with van der Waals surface area (Å²) in [4.78, 5) is 2.15. The Balaban J connectivity index is 2.16. The molecule has 0 radical (unpaired) electrons. The minimum atomic E-state index is -4.27. The molecule has 1 heterocycles. The van der Waals surface area contributed by atoms with Crippen molar-refractivity contribution in [3.05, 3.63) is 35.4 Å². The second-order valence-electron chi connectivity index (χ2n) is 5.11. The van der Waals surface area contributed by atoms with Crippen LogP contribution in [0.3, 0.4) is 0 Å². The summed E-state index contributed by atoms with van der Waals surface area (Å²) in [6.07, 6.45) is -3.23. The molecule has 0 aliphatic carbocycles. The maximum atomic E-state index is 12.7. The number of hydrogen-bond donors (Lipinski definition) is 1. The topological polar surface area (TPSA) is 15.3 Å². The summed E-state index contributed by atoms with van der Waals surface area (Å²) in [7, 11) is 1.97. The lowest BCUT2D eigenvalue weighted by atomic mass is 10.0. The van der Waals surface area contributed by atoms with Crippen LogP contribution >= 0.6 is 0 Å². The van der Waals surface area contributed by atoms with Gasteiger partial charge in [0.1, 0.15) is 0 Å². The molecule has 1 saturated heterocycles. The van der Waals surface area contributed by atoms with Crippen molar-refractivity contribution in [1.29, 1.82) is 0 Å². The van der Waals surface area contributed by atoms with Crippen molar-refractivity contribution in [3.8, 4) is 0 Å². The molecule has 0 spiro atoms. The zero-order chi connectivity index (χ0) is 14.0. The van der Waals surface area contributed by atoms with Gasteiger partial charge in [-0.2, -0.15) is 13.2 Å². The van der Waals surface area contributed by atoms with Gasteiger partial charge >= 0.3 is 6.18 Å². The monoisotopic (exact) mass is 272 g/mol. The number of rotatable bonds is 3. The first-order valence-corrected chi connectivity index (χ1v) is 6.49. The van der Waals surface area contributed by atoms with Crippen LogP contribution < -0.4 is 5.32 Å². The van der Waals surface area contributed by atoms with E-state index in [1.54, 1.807) is 6.07 Å². The summed E-state index contributed by atoms with van der Waals surface area (Å²) in [5.74, 6) is 0. The molecule has 5 heteroatoms. The third kappa shape index (κ3) is 3.28. The van der Waals surface area contributed by atoms with Crippen LogP contribution in [0.15, 0.2) is 24.3 Å². The predicted molar refractivity (Wildman–Crippen MR) is 68.9 cm³/mol. The fraction of sp³-hybridized carbons (Fsp3) is 0.571. The molecule has 0 bridgehead atoms. The van der Waals surface area contributed by atoms with E-state index < -0.39 is 11.7 Å². The van der Waals surface area contributed by atoms with E-state index in [0.717, 1.165) is 25.6 Å². The van der Waals surface area contributed by atoms with Crippen LogP contribution in [0.2, 0.25) is 0 Å².